The molecule has 0 spiro atoms. The Morgan fingerprint density at radius 3 is 2.44 bits per heavy atom. The number of anilines is 1. The summed E-state index contributed by atoms with van der Waals surface area (Å²) in [6.45, 7) is 0. The number of nitrogen functional groups attached to an aromatic ring is 1. The third-order valence-corrected chi connectivity index (χ3v) is 4.18. The Labute approximate surface area is 104 Å². The van der Waals surface area contributed by atoms with E-state index in [2.05, 4.69) is 16.0 Å². The SMILES string of the molecule is COc1c(N)cc2cc([I-]C)[nH]c2c1OC. The van der Waals surface area contributed by atoms with Gasteiger partial charge in [0.2, 0.25) is 0 Å². The van der Waals surface area contributed by atoms with Gasteiger partial charge in [-0.1, -0.05) is 0 Å². The summed E-state index contributed by atoms with van der Waals surface area (Å²) in [6.07, 6.45) is 0. The van der Waals surface area contributed by atoms with Crippen molar-refractivity contribution in [3.05, 3.63) is 15.8 Å². The molecule has 0 radical (unpaired) electrons. The third-order valence-electron chi connectivity index (χ3n) is 2.43. The van der Waals surface area contributed by atoms with Gasteiger partial charge in [0, 0.05) is 0 Å². The zero-order valence-corrected chi connectivity index (χ0v) is 11.6. The number of hydrogen-bond donors (Lipinski definition) is 2. The normalized spacial score (nSPS) is 10.9. The van der Waals surface area contributed by atoms with E-state index in [1.165, 1.54) is 3.70 Å². The Hall–Kier alpha value is -1.11. The monoisotopic (exact) mass is 333 g/mol. The van der Waals surface area contributed by atoms with Crippen LogP contribution in [0.4, 0.5) is 5.69 Å². The summed E-state index contributed by atoms with van der Waals surface area (Å²) in [7, 11) is 3.22. The Morgan fingerprint density at radius 2 is 1.88 bits per heavy atom. The summed E-state index contributed by atoms with van der Waals surface area (Å²) in [6, 6.07) is 4.04. The zero-order valence-electron chi connectivity index (χ0n) is 9.43. The van der Waals surface area contributed by atoms with Gasteiger partial charge in [0.15, 0.2) is 0 Å². The second kappa shape index (κ2) is 4.40. The number of aromatic amines is 1. The number of hydrogen-bond acceptors (Lipinski definition) is 3. The first-order valence-corrected chi connectivity index (χ1v) is 7.97. The number of nitrogens with one attached hydrogen (secondary N) is 1. The average molecular weight is 333 g/mol. The molecule has 1 heterocycles. The molecule has 2 rings (SSSR count). The van der Waals surface area contributed by atoms with Crippen LogP contribution in [0.3, 0.4) is 0 Å². The first-order valence-electron chi connectivity index (χ1n) is 4.74. The van der Waals surface area contributed by atoms with Crippen LogP contribution in [0.25, 0.3) is 10.9 Å². The molecule has 2 aromatic rings. The van der Waals surface area contributed by atoms with E-state index >= 15 is 0 Å². The molecule has 3 N–H and O–H groups in total. The molecule has 0 amide bonds. The van der Waals surface area contributed by atoms with E-state index in [0.29, 0.717) is 17.2 Å². The van der Waals surface area contributed by atoms with E-state index in [1.54, 1.807) is 14.2 Å². The molecule has 0 aliphatic rings. The van der Waals surface area contributed by atoms with Crippen molar-refractivity contribution < 1.29 is 30.7 Å². The summed E-state index contributed by atoms with van der Waals surface area (Å²) in [4.78, 5) is 5.56. The van der Waals surface area contributed by atoms with E-state index in [1.807, 2.05) is 6.07 Å². The molecule has 4 nitrogen and oxygen atoms in total. The molecule has 5 heteroatoms. The maximum absolute atomic E-state index is 5.91. The van der Waals surface area contributed by atoms with Gasteiger partial charge in [-0.3, -0.25) is 0 Å². The van der Waals surface area contributed by atoms with Gasteiger partial charge in [-0.15, -0.1) is 0 Å². The van der Waals surface area contributed by atoms with Crippen molar-refractivity contribution in [3.63, 3.8) is 0 Å². The molecule has 0 saturated carbocycles. The molecule has 0 aliphatic heterocycles. The van der Waals surface area contributed by atoms with Gasteiger partial charge >= 0.3 is 104 Å². The predicted octanol–water partition coefficient (Wildman–Crippen LogP) is -1.34. The molecule has 88 valence electrons. The van der Waals surface area contributed by atoms with Crippen molar-refractivity contribution in [1.82, 2.24) is 4.98 Å². The molecular formula is C11H14IN2O2-. The summed E-state index contributed by atoms with van der Waals surface area (Å²) in [5.41, 5.74) is 7.48. The van der Waals surface area contributed by atoms with Crippen LogP contribution in [0, 0.1) is 3.70 Å². The minimum atomic E-state index is 0.0260. The molecule has 1 aromatic carbocycles. The molecule has 1 aromatic heterocycles. The van der Waals surface area contributed by atoms with Gasteiger partial charge < -0.3 is 0 Å². The molecule has 0 saturated heterocycles. The number of rotatable bonds is 3. The quantitative estimate of drug-likeness (QED) is 0.415. The summed E-state index contributed by atoms with van der Waals surface area (Å²) < 4.78 is 11.9. The number of ether oxygens (including phenoxy) is 2. The standard InChI is InChI=1S/C11H14IN2O2/c1-12-8-5-6-4-7(13)10(15-2)11(16-3)9(6)14-8/h4-5,14H,13H2,1-3H3/q-1. The van der Waals surface area contributed by atoms with Gasteiger partial charge in [0.05, 0.1) is 0 Å². The maximum atomic E-state index is 5.91. The fourth-order valence-electron chi connectivity index (χ4n) is 1.72. The van der Waals surface area contributed by atoms with Crippen LogP contribution in [0.15, 0.2) is 12.1 Å². The van der Waals surface area contributed by atoms with Gasteiger partial charge in [-0.05, 0) is 0 Å². The second-order valence-corrected chi connectivity index (χ2v) is 5.54. The summed E-state index contributed by atoms with van der Waals surface area (Å²) in [5.74, 6) is 1.28. The molecular weight excluding hydrogens is 319 g/mol. The van der Waals surface area contributed by atoms with Crippen LogP contribution in [-0.2, 0) is 0 Å². The first-order chi connectivity index (χ1) is 7.71. The minimum absolute atomic E-state index is 0.0260. The number of H-pyrrole nitrogens is 1. The zero-order chi connectivity index (χ0) is 11.7. The first kappa shape index (κ1) is 11.4. The van der Waals surface area contributed by atoms with Crippen LogP contribution in [-0.4, -0.2) is 24.1 Å². The second-order valence-electron chi connectivity index (χ2n) is 3.30. The van der Waals surface area contributed by atoms with Crippen molar-refractivity contribution in [1.29, 1.82) is 0 Å². The van der Waals surface area contributed by atoms with E-state index in [4.69, 9.17) is 15.2 Å². The third kappa shape index (κ3) is 1.68. The van der Waals surface area contributed by atoms with Crippen molar-refractivity contribution in [3.8, 4) is 11.5 Å². The molecule has 0 fully saturated rings. The van der Waals surface area contributed by atoms with Crippen LogP contribution in [0.2, 0.25) is 0 Å². The van der Waals surface area contributed by atoms with Crippen LogP contribution < -0.4 is 36.4 Å². The summed E-state index contributed by atoms with van der Waals surface area (Å²) in [5, 5.41) is 1.08. The van der Waals surface area contributed by atoms with Crippen LogP contribution in [0.5, 0.6) is 11.5 Å². The molecule has 0 atom stereocenters. The Morgan fingerprint density at radius 1 is 1.19 bits per heavy atom. The number of halogens is 1. The van der Waals surface area contributed by atoms with E-state index in [-0.39, 0.29) is 21.2 Å². The van der Waals surface area contributed by atoms with Gasteiger partial charge in [-0.2, -0.15) is 0 Å². The molecule has 0 bridgehead atoms. The Balaban J connectivity index is 2.77. The van der Waals surface area contributed by atoms with Crippen molar-refractivity contribution in [2.75, 3.05) is 24.9 Å². The van der Waals surface area contributed by atoms with Gasteiger partial charge in [0.1, 0.15) is 0 Å². The van der Waals surface area contributed by atoms with E-state index in [0.717, 1.165) is 10.9 Å². The van der Waals surface area contributed by atoms with Gasteiger partial charge in [-0.25, -0.2) is 0 Å². The van der Waals surface area contributed by atoms with Crippen molar-refractivity contribution in [2.45, 2.75) is 0 Å². The Bertz CT molecular complexity index is 522. The van der Waals surface area contributed by atoms with Crippen LogP contribution >= 0.6 is 0 Å². The number of nitrogens with two attached hydrogens (primary N) is 1. The summed E-state index contributed by atoms with van der Waals surface area (Å²) >= 11 is 0.0260. The van der Waals surface area contributed by atoms with Crippen molar-refractivity contribution in [2.24, 2.45) is 0 Å². The topological polar surface area (TPSA) is 60.3 Å². The number of benzene rings is 1. The predicted molar refractivity (Wildman–Crippen MR) is 60.4 cm³/mol. The fourth-order valence-corrected chi connectivity index (χ4v) is 2.91. The number of alkyl halides is 1. The molecule has 16 heavy (non-hydrogen) atoms. The number of aromatic nitrogens is 1. The Kier molecular flexibility index (Phi) is 3.13. The van der Waals surface area contributed by atoms with Crippen molar-refractivity contribution >= 4 is 16.6 Å². The number of methoxy groups -OCH3 is 2. The number of fused-ring (bicyclic) bond motifs is 1. The van der Waals surface area contributed by atoms with Crippen LogP contribution in [0.1, 0.15) is 0 Å². The van der Waals surface area contributed by atoms with E-state index < -0.39 is 0 Å². The molecule has 0 unspecified atom stereocenters. The van der Waals surface area contributed by atoms with Gasteiger partial charge in [0.25, 0.3) is 0 Å². The molecule has 0 aliphatic carbocycles. The fraction of sp³-hybridized carbons (Fsp3) is 0.273. The van der Waals surface area contributed by atoms with E-state index in [9.17, 15) is 0 Å². The average Bonchev–Trinajstić information content (AvgIpc) is 2.69.